The molecular formula is C15H17N3OS. The fourth-order valence-electron chi connectivity index (χ4n) is 2.43. The highest BCUT2D eigenvalue weighted by molar-refractivity contribution is 7.10. The molecule has 0 radical (unpaired) electrons. The second-order valence-corrected chi connectivity index (χ2v) is 5.82. The lowest BCUT2D eigenvalue weighted by Gasteiger charge is -2.20. The summed E-state index contributed by atoms with van der Waals surface area (Å²) < 4.78 is 0. The van der Waals surface area contributed by atoms with Gasteiger partial charge >= 0.3 is 0 Å². The van der Waals surface area contributed by atoms with Crippen molar-refractivity contribution in [1.82, 2.24) is 0 Å². The van der Waals surface area contributed by atoms with Crippen LogP contribution in [0.2, 0.25) is 0 Å². The van der Waals surface area contributed by atoms with E-state index in [1.165, 1.54) is 0 Å². The fourth-order valence-corrected chi connectivity index (χ4v) is 3.17. The maximum Gasteiger partial charge on any atom is 0.227 e. The van der Waals surface area contributed by atoms with Gasteiger partial charge in [0.05, 0.1) is 17.9 Å². The summed E-state index contributed by atoms with van der Waals surface area (Å²) in [7, 11) is 0. The van der Waals surface area contributed by atoms with Gasteiger partial charge in [-0.05, 0) is 30.0 Å². The minimum Gasteiger partial charge on any atom is -0.398 e. The van der Waals surface area contributed by atoms with E-state index >= 15 is 0 Å². The number of nitrogens with zero attached hydrogens (tertiary/aromatic N) is 1. The van der Waals surface area contributed by atoms with E-state index in [2.05, 4.69) is 5.32 Å². The summed E-state index contributed by atoms with van der Waals surface area (Å²) in [5.74, 6) is 0.204. The molecule has 1 aromatic heterocycles. The molecule has 1 aliphatic heterocycles. The molecule has 0 saturated carbocycles. The third-order valence-electron chi connectivity index (χ3n) is 3.49. The second kappa shape index (κ2) is 5.54. The van der Waals surface area contributed by atoms with Gasteiger partial charge in [0.25, 0.3) is 0 Å². The Morgan fingerprint density at radius 1 is 1.30 bits per heavy atom. The SMILES string of the molecule is Nc1ccsc1CNc1ccccc1N1CCCC1=O. The van der Waals surface area contributed by atoms with Crippen molar-refractivity contribution in [2.24, 2.45) is 0 Å². The van der Waals surface area contributed by atoms with Crippen molar-refractivity contribution < 1.29 is 4.79 Å². The van der Waals surface area contributed by atoms with Crippen LogP contribution in [0.1, 0.15) is 17.7 Å². The Labute approximate surface area is 122 Å². The first-order chi connectivity index (χ1) is 9.75. The van der Waals surface area contributed by atoms with Gasteiger partial charge in [-0.15, -0.1) is 11.3 Å². The van der Waals surface area contributed by atoms with E-state index in [0.717, 1.165) is 34.9 Å². The topological polar surface area (TPSA) is 58.4 Å². The summed E-state index contributed by atoms with van der Waals surface area (Å²) >= 11 is 1.64. The number of thiophene rings is 1. The summed E-state index contributed by atoms with van der Waals surface area (Å²) in [5.41, 5.74) is 8.65. The monoisotopic (exact) mass is 287 g/mol. The van der Waals surface area contributed by atoms with Crippen LogP contribution in [0.5, 0.6) is 0 Å². The lowest BCUT2D eigenvalue weighted by Crippen LogP contribution is -2.24. The Morgan fingerprint density at radius 3 is 2.85 bits per heavy atom. The molecule has 0 aliphatic carbocycles. The van der Waals surface area contributed by atoms with Crippen LogP contribution in [0.3, 0.4) is 0 Å². The van der Waals surface area contributed by atoms with Crippen molar-refractivity contribution in [2.75, 3.05) is 22.5 Å². The predicted molar refractivity (Wildman–Crippen MR) is 84.1 cm³/mol. The van der Waals surface area contributed by atoms with Crippen molar-refractivity contribution in [3.8, 4) is 0 Å². The van der Waals surface area contributed by atoms with E-state index in [4.69, 9.17) is 5.73 Å². The number of carbonyl (C=O) groups is 1. The number of para-hydroxylation sites is 2. The van der Waals surface area contributed by atoms with Gasteiger partial charge < -0.3 is 16.0 Å². The van der Waals surface area contributed by atoms with Gasteiger partial charge in [0.15, 0.2) is 0 Å². The normalized spacial score (nSPS) is 14.8. The number of anilines is 3. The quantitative estimate of drug-likeness (QED) is 0.908. The average molecular weight is 287 g/mol. The van der Waals surface area contributed by atoms with Crippen LogP contribution in [-0.4, -0.2) is 12.5 Å². The molecule has 1 aliphatic rings. The maximum absolute atomic E-state index is 11.9. The van der Waals surface area contributed by atoms with Crippen molar-refractivity contribution in [3.63, 3.8) is 0 Å². The third-order valence-corrected chi connectivity index (χ3v) is 4.42. The van der Waals surface area contributed by atoms with E-state index in [-0.39, 0.29) is 5.91 Å². The second-order valence-electron chi connectivity index (χ2n) is 4.82. The molecule has 1 fully saturated rings. The van der Waals surface area contributed by atoms with Crippen molar-refractivity contribution in [3.05, 3.63) is 40.6 Å². The average Bonchev–Trinajstić information content (AvgIpc) is 3.06. The van der Waals surface area contributed by atoms with E-state index < -0.39 is 0 Å². The molecule has 1 aromatic carbocycles. The number of nitrogens with one attached hydrogen (secondary N) is 1. The molecule has 0 spiro atoms. The Kier molecular flexibility index (Phi) is 3.60. The summed E-state index contributed by atoms with van der Waals surface area (Å²) in [5, 5.41) is 5.38. The minimum atomic E-state index is 0.204. The molecule has 0 unspecified atom stereocenters. The molecule has 3 rings (SSSR count). The maximum atomic E-state index is 11.9. The molecule has 5 heteroatoms. The zero-order valence-electron chi connectivity index (χ0n) is 11.1. The largest absolute Gasteiger partial charge is 0.398 e. The van der Waals surface area contributed by atoms with Gasteiger partial charge in [0.2, 0.25) is 5.91 Å². The zero-order valence-corrected chi connectivity index (χ0v) is 12.0. The highest BCUT2D eigenvalue weighted by Gasteiger charge is 2.23. The summed E-state index contributed by atoms with van der Waals surface area (Å²) in [6.07, 6.45) is 1.58. The zero-order chi connectivity index (χ0) is 13.9. The van der Waals surface area contributed by atoms with Crippen LogP contribution in [0, 0.1) is 0 Å². The molecule has 1 amide bonds. The molecule has 2 aromatic rings. The van der Waals surface area contributed by atoms with Crippen LogP contribution < -0.4 is 16.0 Å². The molecule has 0 atom stereocenters. The lowest BCUT2D eigenvalue weighted by molar-refractivity contribution is -0.117. The Hall–Kier alpha value is -2.01. The van der Waals surface area contributed by atoms with Crippen LogP contribution >= 0.6 is 11.3 Å². The highest BCUT2D eigenvalue weighted by Crippen LogP contribution is 2.30. The van der Waals surface area contributed by atoms with Gasteiger partial charge in [0, 0.05) is 23.5 Å². The number of rotatable bonds is 4. The number of carbonyl (C=O) groups excluding carboxylic acids is 1. The van der Waals surface area contributed by atoms with Gasteiger partial charge in [-0.1, -0.05) is 12.1 Å². The number of nitrogen functional groups attached to an aromatic ring is 1. The van der Waals surface area contributed by atoms with E-state index in [1.807, 2.05) is 40.6 Å². The standard InChI is InChI=1S/C15H17N3OS/c16-11-7-9-20-14(11)10-17-12-4-1-2-5-13(12)18-8-3-6-15(18)19/h1-2,4-5,7,9,17H,3,6,8,10,16H2. The molecule has 20 heavy (non-hydrogen) atoms. The number of amides is 1. The van der Waals surface area contributed by atoms with Crippen molar-refractivity contribution >= 4 is 34.3 Å². The Balaban J connectivity index is 1.79. The molecule has 104 valence electrons. The number of hydrogen-bond donors (Lipinski definition) is 2. The van der Waals surface area contributed by atoms with Crippen molar-refractivity contribution in [2.45, 2.75) is 19.4 Å². The summed E-state index contributed by atoms with van der Waals surface area (Å²) in [4.78, 5) is 14.9. The molecule has 3 N–H and O–H groups in total. The smallest absolute Gasteiger partial charge is 0.227 e. The summed E-state index contributed by atoms with van der Waals surface area (Å²) in [6.45, 7) is 1.49. The number of benzene rings is 1. The van der Waals surface area contributed by atoms with E-state index in [9.17, 15) is 4.79 Å². The van der Waals surface area contributed by atoms with Crippen LogP contribution in [0.15, 0.2) is 35.7 Å². The summed E-state index contributed by atoms with van der Waals surface area (Å²) in [6, 6.07) is 9.85. The first kappa shape index (κ1) is 13.0. The van der Waals surface area contributed by atoms with Crippen LogP contribution in [-0.2, 0) is 11.3 Å². The Bertz CT molecular complexity index is 623. The molecular weight excluding hydrogens is 270 g/mol. The van der Waals surface area contributed by atoms with E-state index in [1.54, 1.807) is 11.3 Å². The molecule has 1 saturated heterocycles. The molecule has 2 heterocycles. The first-order valence-corrected chi connectivity index (χ1v) is 7.59. The first-order valence-electron chi connectivity index (χ1n) is 6.71. The van der Waals surface area contributed by atoms with Gasteiger partial charge in [-0.25, -0.2) is 0 Å². The minimum absolute atomic E-state index is 0.204. The molecule has 0 bridgehead atoms. The Morgan fingerprint density at radius 2 is 2.15 bits per heavy atom. The van der Waals surface area contributed by atoms with Gasteiger partial charge in [-0.3, -0.25) is 4.79 Å². The van der Waals surface area contributed by atoms with Crippen LogP contribution in [0.4, 0.5) is 17.1 Å². The number of nitrogens with two attached hydrogens (primary N) is 1. The fraction of sp³-hybridized carbons (Fsp3) is 0.267. The lowest BCUT2D eigenvalue weighted by atomic mass is 10.2. The number of hydrogen-bond acceptors (Lipinski definition) is 4. The van der Waals surface area contributed by atoms with Gasteiger partial charge in [-0.2, -0.15) is 0 Å². The molecule has 4 nitrogen and oxygen atoms in total. The predicted octanol–water partition coefficient (Wildman–Crippen LogP) is 3.07. The van der Waals surface area contributed by atoms with Crippen LogP contribution in [0.25, 0.3) is 0 Å². The highest BCUT2D eigenvalue weighted by atomic mass is 32.1. The van der Waals surface area contributed by atoms with E-state index in [0.29, 0.717) is 13.0 Å². The third kappa shape index (κ3) is 2.49. The van der Waals surface area contributed by atoms with Crippen molar-refractivity contribution in [1.29, 1.82) is 0 Å². The van der Waals surface area contributed by atoms with Gasteiger partial charge in [0.1, 0.15) is 0 Å².